The van der Waals surface area contributed by atoms with Crippen LogP contribution in [-0.2, 0) is 4.74 Å². The molecule has 7 heteroatoms. The van der Waals surface area contributed by atoms with Gasteiger partial charge in [-0.1, -0.05) is 0 Å². The third kappa shape index (κ3) is 3.62. The van der Waals surface area contributed by atoms with Gasteiger partial charge in [-0.3, -0.25) is 0 Å². The zero-order valence-corrected chi connectivity index (χ0v) is 16.1. The van der Waals surface area contributed by atoms with E-state index in [0.717, 1.165) is 12.8 Å². The second kappa shape index (κ2) is 7.85. The molecule has 2 heterocycles. The third-order valence-corrected chi connectivity index (χ3v) is 6.69. The number of nitrogens with zero attached hydrogens (tertiary/aromatic N) is 2. The van der Waals surface area contributed by atoms with Crippen molar-refractivity contribution in [1.29, 1.82) is 0 Å². The van der Waals surface area contributed by atoms with E-state index in [-0.39, 0.29) is 37.8 Å². The maximum atomic E-state index is 12.5. The normalized spacial score (nSPS) is 19.1. The summed E-state index contributed by atoms with van der Waals surface area (Å²) in [6, 6.07) is 10.4. The Labute approximate surface area is 153 Å². The van der Waals surface area contributed by atoms with Gasteiger partial charge in [-0.2, -0.15) is 0 Å². The Morgan fingerprint density at radius 1 is 1.16 bits per heavy atom. The molecule has 0 N–H and O–H groups in total. The molecule has 25 heavy (non-hydrogen) atoms. The van der Waals surface area contributed by atoms with Crippen LogP contribution in [-0.4, -0.2) is 51.2 Å². The van der Waals surface area contributed by atoms with Crippen molar-refractivity contribution >= 4 is 25.4 Å². The fraction of sp³-hybridized carbons (Fsp3) is 0.389. The zero-order valence-electron chi connectivity index (χ0n) is 14.4. The first-order chi connectivity index (χ1) is 12.2. The molecule has 2 aromatic rings. The van der Waals surface area contributed by atoms with Gasteiger partial charge in [0, 0.05) is 0 Å². The van der Waals surface area contributed by atoms with Gasteiger partial charge in [-0.05, 0) is 0 Å². The summed E-state index contributed by atoms with van der Waals surface area (Å²) in [6.07, 6.45) is 1.52. The van der Waals surface area contributed by atoms with Gasteiger partial charge in [0.1, 0.15) is 0 Å². The summed E-state index contributed by atoms with van der Waals surface area (Å²) in [7, 11) is 2.98. The summed E-state index contributed by atoms with van der Waals surface area (Å²) < 4.78 is 17.5. The first-order valence-corrected chi connectivity index (χ1v) is 9.95. The average molecular weight is 407 g/mol. The predicted molar refractivity (Wildman–Crippen MR) is 93.8 cm³/mol. The van der Waals surface area contributed by atoms with E-state index >= 15 is 0 Å². The second-order valence-electron chi connectivity index (χ2n) is 5.56. The molecule has 132 valence electrons. The Hall–Kier alpha value is -2.11. The minimum atomic E-state index is -0.423. The second-order valence-corrected chi connectivity index (χ2v) is 8.11. The standard InChI is InChI=1S/C18H20N2O4Se/c1-4-8-12-15(25-11-9-6-5-7-10-11)14-13(17(21)24-12)16(22-2)20-18(19-14)23-3/h5-7,9-10,12,15H,4,8H2,1-3H3. The molecule has 0 saturated heterocycles. The van der Waals surface area contributed by atoms with Crippen molar-refractivity contribution in [2.45, 2.75) is 30.7 Å². The van der Waals surface area contributed by atoms with E-state index in [2.05, 4.69) is 29.0 Å². The number of ether oxygens (including phenoxy) is 3. The summed E-state index contributed by atoms with van der Waals surface area (Å²) in [5, 5.41) is 0. The van der Waals surface area contributed by atoms with Gasteiger partial charge >= 0.3 is 153 Å². The van der Waals surface area contributed by atoms with Gasteiger partial charge in [-0.25, -0.2) is 0 Å². The first-order valence-electron chi connectivity index (χ1n) is 8.10. The molecule has 0 aliphatic carbocycles. The molecule has 1 aromatic carbocycles. The number of cyclic esters (lactones) is 1. The quantitative estimate of drug-likeness (QED) is 0.538. The van der Waals surface area contributed by atoms with Gasteiger partial charge in [0.2, 0.25) is 0 Å². The molecule has 6 nitrogen and oxygen atoms in total. The molecule has 0 bridgehead atoms. The van der Waals surface area contributed by atoms with E-state index in [1.807, 2.05) is 18.2 Å². The molecule has 0 radical (unpaired) electrons. The number of benzene rings is 1. The van der Waals surface area contributed by atoms with Crippen LogP contribution in [0.2, 0.25) is 0 Å². The van der Waals surface area contributed by atoms with Crippen molar-refractivity contribution in [3.05, 3.63) is 41.6 Å². The third-order valence-electron chi connectivity index (χ3n) is 3.91. The SMILES string of the molecule is CCCC1OC(=O)c2c(OC)nc(OC)nc2C1[Se]c1ccccc1. The number of hydrogen-bond donors (Lipinski definition) is 0. The number of aromatic nitrogens is 2. The maximum absolute atomic E-state index is 12.5. The number of carbonyl (C=O) groups is 1. The summed E-state index contributed by atoms with van der Waals surface area (Å²) in [5.74, 6) is -0.219. The topological polar surface area (TPSA) is 70.5 Å². The zero-order chi connectivity index (χ0) is 17.8. The Morgan fingerprint density at radius 3 is 2.56 bits per heavy atom. The molecule has 2 atom stereocenters. The molecular formula is C18H20N2O4Se. The van der Waals surface area contributed by atoms with Crippen LogP contribution in [0.5, 0.6) is 11.9 Å². The number of carbonyl (C=O) groups excluding carboxylic acids is 1. The molecule has 1 aromatic heterocycles. The number of fused-ring (bicyclic) bond motifs is 1. The summed E-state index contributed by atoms with van der Waals surface area (Å²) in [6.45, 7) is 2.08. The van der Waals surface area contributed by atoms with Crippen molar-refractivity contribution in [3.8, 4) is 11.9 Å². The average Bonchev–Trinajstić information content (AvgIpc) is 2.64. The van der Waals surface area contributed by atoms with E-state index < -0.39 is 5.97 Å². The molecule has 0 spiro atoms. The van der Waals surface area contributed by atoms with Crippen LogP contribution in [0, 0.1) is 0 Å². The van der Waals surface area contributed by atoms with Crippen molar-refractivity contribution < 1.29 is 19.0 Å². The minimum absolute atomic E-state index is 0.00616. The first kappa shape index (κ1) is 17.7. The molecule has 1 aliphatic heterocycles. The molecule has 3 rings (SSSR count). The van der Waals surface area contributed by atoms with E-state index in [1.54, 1.807) is 0 Å². The van der Waals surface area contributed by atoms with Crippen molar-refractivity contribution in [2.24, 2.45) is 0 Å². The number of methoxy groups -OCH3 is 2. The fourth-order valence-electron chi connectivity index (χ4n) is 2.78. The van der Waals surface area contributed by atoms with Crippen LogP contribution in [0.25, 0.3) is 0 Å². The number of hydrogen-bond acceptors (Lipinski definition) is 6. The molecule has 0 saturated carbocycles. The molecule has 2 unspecified atom stereocenters. The van der Waals surface area contributed by atoms with Crippen LogP contribution >= 0.6 is 0 Å². The number of rotatable bonds is 6. The summed E-state index contributed by atoms with van der Waals surface area (Å²) >= 11 is 0.0426. The Morgan fingerprint density at radius 2 is 1.92 bits per heavy atom. The van der Waals surface area contributed by atoms with E-state index in [0.29, 0.717) is 11.3 Å². The monoisotopic (exact) mass is 408 g/mol. The van der Waals surface area contributed by atoms with Crippen molar-refractivity contribution in [2.75, 3.05) is 14.2 Å². The van der Waals surface area contributed by atoms with Gasteiger partial charge in [0.25, 0.3) is 0 Å². The predicted octanol–water partition coefficient (Wildman–Crippen LogP) is 1.90. The molecule has 0 amide bonds. The summed E-state index contributed by atoms with van der Waals surface area (Å²) in [4.78, 5) is 21.2. The van der Waals surface area contributed by atoms with Gasteiger partial charge in [0.05, 0.1) is 0 Å². The van der Waals surface area contributed by atoms with Crippen molar-refractivity contribution in [1.82, 2.24) is 9.97 Å². The Kier molecular flexibility index (Phi) is 5.56. The van der Waals surface area contributed by atoms with E-state index in [9.17, 15) is 4.79 Å². The molecular weight excluding hydrogens is 387 g/mol. The van der Waals surface area contributed by atoms with Crippen LogP contribution in [0.3, 0.4) is 0 Å². The van der Waals surface area contributed by atoms with Crippen LogP contribution in [0.15, 0.2) is 30.3 Å². The molecule has 1 aliphatic rings. The van der Waals surface area contributed by atoms with Gasteiger partial charge in [-0.15, -0.1) is 0 Å². The van der Waals surface area contributed by atoms with Crippen LogP contribution < -0.4 is 13.9 Å². The molecule has 0 fully saturated rings. The van der Waals surface area contributed by atoms with Crippen LogP contribution in [0.4, 0.5) is 0 Å². The van der Waals surface area contributed by atoms with Crippen molar-refractivity contribution in [3.63, 3.8) is 0 Å². The van der Waals surface area contributed by atoms with E-state index in [4.69, 9.17) is 14.2 Å². The summed E-state index contributed by atoms with van der Waals surface area (Å²) in [5.41, 5.74) is 0.987. The van der Waals surface area contributed by atoms with Crippen LogP contribution in [0.1, 0.15) is 40.6 Å². The fourth-order valence-corrected chi connectivity index (χ4v) is 5.37. The Bertz CT molecular complexity index is 754. The van der Waals surface area contributed by atoms with E-state index in [1.165, 1.54) is 18.7 Å². The number of esters is 1. The van der Waals surface area contributed by atoms with Gasteiger partial charge < -0.3 is 0 Å². The Balaban J connectivity index is 2.09. The van der Waals surface area contributed by atoms with Gasteiger partial charge in [0.15, 0.2) is 0 Å².